The first-order chi connectivity index (χ1) is 10.9. The quantitative estimate of drug-likeness (QED) is 0.466. The van der Waals surface area contributed by atoms with Crippen LogP contribution in [0, 0.1) is 0 Å². The van der Waals surface area contributed by atoms with E-state index >= 15 is 0 Å². The molecule has 0 aromatic rings. The van der Waals surface area contributed by atoms with E-state index in [0.717, 1.165) is 25.9 Å². The fraction of sp³-hybridized carbons (Fsp3) is 1.00. The largest absolute Gasteiger partial charge is 0.391 e. The molecule has 0 aliphatic carbocycles. The third-order valence-corrected chi connectivity index (χ3v) is 3.42. The van der Waals surface area contributed by atoms with Gasteiger partial charge in [0, 0.05) is 6.61 Å². The zero-order chi connectivity index (χ0) is 17.7. The van der Waals surface area contributed by atoms with E-state index in [1.807, 2.05) is 20.8 Å². The van der Waals surface area contributed by atoms with Gasteiger partial charge in [0.15, 0.2) is 0 Å². The molecule has 140 valence electrons. The Balaban J connectivity index is 4.10. The summed E-state index contributed by atoms with van der Waals surface area (Å²) in [5, 5.41) is 9.33. The lowest BCUT2D eigenvalue weighted by Crippen LogP contribution is -2.35. The minimum absolute atomic E-state index is 0.00206. The first-order valence-electron chi connectivity index (χ1n) is 9.05. The SMILES string of the molecule is CCCOCC(C)OCC(C)OC(CCC)C(C)OCC(C)O. The molecule has 0 aromatic heterocycles. The van der Waals surface area contributed by atoms with E-state index in [2.05, 4.69) is 13.8 Å². The summed E-state index contributed by atoms with van der Waals surface area (Å²) in [5.74, 6) is 0. The Morgan fingerprint density at radius 1 is 0.826 bits per heavy atom. The van der Waals surface area contributed by atoms with Gasteiger partial charge in [-0.15, -0.1) is 0 Å². The van der Waals surface area contributed by atoms with Gasteiger partial charge in [0.25, 0.3) is 0 Å². The highest BCUT2D eigenvalue weighted by Crippen LogP contribution is 2.14. The maximum absolute atomic E-state index is 9.33. The van der Waals surface area contributed by atoms with Gasteiger partial charge in [-0.3, -0.25) is 0 Å². The number of ether oxygens (including phenoxy) is 4. The predicted molar refractivity (Wildman–Crippen MR) is 92.9 cm³/mol. The third kappa shape index (κ3) is 12.8. The zero-order valence-electron chi connectivity index (χ0n) is 15.9. The number of hydrogen-bond donors (Lipinski definition) is 1. The van der Waals surface area contributed by atoms with Crippen molar-refractivity contribution in [3.63, 3.8) is 0 Å². The van der Waals surface area contributed by atoms with Crippen LogP contribution >= 0.6 is 0 Å². The van der Waals surface area contributed by atoms with Crippen LogP contribution in [0.25, 0.3) is 0 Å². The maximum atomic E-state index is 9.33. The van der Waals surface area contributed by atoms with Crippen molar-refractivity contribution < 1.29 is 24.1 Å². The maximum Gasteiger partial charge on any atom is 0.0838 e. The van der Waals surface area contributed by atoms with Gasteiger partial charge in [0.2, 0.25) is 0 Å². The molecule has 0 bridgehead atoms. The standard InChI is InChI=1S/C18H38O5/c1-7-9-18(17(6)22-11-14(3)19)23-16(5)13-21-15(4)12-20-10-8-2/h14-19H,7-13H2,1-6H3. The summed E-state index contributed by atoms with van der Waals surface area (Å²) in [7, 11) is 0. The van der Waals surface area contributed by atoms with E-state index < -0.39 is 6.10 Å². The van der Waals surface area contributed by atoms with Crippen molar-refractivity contribution in [3.8, 4) is 0 Å². The molecular formula is C18H38O5. The van der Waals surface area contributed by atoms with Crippen LogP contribution in [0.3, 0.4) is 0 Å². The van der Waals surface area contributed by atoms with Gasteiger partial charge in [-0.05, 0) is 40.5 Å². The molecule has 0 radical (unpaired) electrons. The molecule has 1 N–H and O–H groups in total. The molecule has 0 saturated carbocycles. The Morgan fingerprint density at radius 3 is 2.09 bits per heavy atom. The second-order valence-corrected chi connectivity index (χ2v) is 6.38. The first-order valence-corrected chi connectivity index (χ1v) is 9.05. The van der Waals surface area contributed by atoms with Gasteiger partial charge in [-0.2, -0.15) is 0 Å². The number of hydrogen-bond acceptors (Lipinski definition) is 5. The van der Waals surface area contributed by atoms with Gasteiger partial charge in [0.1, 0.15) is 0 Å². The van der Waals surface area contributed by atoms with E-state index in [-0.39, 0.29) is 24.4 Å². The predicted octanol–water partition coefficient (Wildman–Crippen LogP) is 3.18. The Hall–Kier alpha value is -0.200. The van der Waals surface area contributed by atoms with Crippen LogP contribution in [-0.2, 0) is 18.9 Å². The van der Waals surface area contributed by atoms with Crippen LogP contribution in [0.15, 0.2) is 0 Å². The monoisotopic (exact) mass is 334 g/mol. The minimum atomic E-state index is -0.454. The third-order valence-electron chi connectivity index (χ3n) is 3.42. The fourth-order valence-corrected chi connectivity index (χ4v) is 2.18. The van der Waals surface area contributed by atoms with Gasteiger partial charge >= 0.3 is 0 Å². The van der Waals surface area contributed by atoms with Gasteiger partial charge in [0.05, 0.1) is 50.3 Å². The van der Waals surface area contributed by atoms with Crippen LogP contribution < -0.4 is 0 Å². The van der Waals surface area contributed by atoms with Crippen LogP contribution in [0.5, 0.6) is 0 Å². The van der Waals surface area contributed by atoms with Crippen molar-refractivity contribution in [2.24, 2.45) is 0 Å². The highest BCUT2D eigenvalue weighted by molar-refractivity contribution is 4.69. The second-order valence-electron chi connectivity index (χ2n) is 6.38. The Morgan fingerprint density at radius 2 is 1.52 bits per heavy atom. The topological polar surface area (TPSA) is 57.2 Å². The molecular weight excluding hydrogens is 296 g/mol. The molecule has 5 unspecified atom stereocenters. The van der Waals surface area contributed by atoms with Crippen LogP contribution in [0.2, 0.25) is 0 Å². The van der Waals surface area contributed by atoms with E-state index in [4.69, 9.17) is 18.9 Å². The van der Waals surface area contributed by atoms with E-state index in [0.29, 0.717) is 19.8 Å². The first kappa shape index (κ1) is 22.8. The molecule has 0 spiro atoms. The summed E-state index contributed by atoms with van der Waals surface area (Å²) in [4.78, 5) is 0. The summed E-state index contributed by atoms with van der Waals surface area (Å²) >= 11 is 0. The molecule has 0 rings (SSSR count). The lowest BCUT2D eigenvalue weighted by molar-refractivity contribution is -0.128. The van der Waals surface area contributed by atoms with E-state index in [9.17, 15) is 5.11 Å². The van der Waals surface area contributed by atoms with Crippen molar-refractivity contribution in [3.05, 3.63) is 0 Å². The average molecular weight is 334 g/mol. The summed E-state index contributed by atoms with van der Waals surface area (Å²) in [6.07, 6.45) is 2.57. The highest BCUT2D eigenvalue weighted by Gasteiger charge is 2.21. The lowest BCUT2D eigenvalue weighted by Gasteiger charge is -2.28. The van der Waals surface area contributed by atoms with E-state index in [1.165, 1.54) is 0 Å². The minimum Gasteiger partial charge on any atom is -0.391 e. The van der Waals surface area contributed by atoms with Crippen LogP contribution in [0.1, 0.15) is 60.8 Å². The molecule has 0 aliphatic heterocycles. The Labute approximate surface area is 142 Å². The molecule has 0 heterocycles. The Kier molecular flexibility index (Phi) is 14.0. The number of aliphatic hydroxyl groups is 1. The summed E-state index contributed by atoms with van der Waals surface area (Å²) < 4.78 is 23.0. The normalized spacial score (nSPS) is 18.4. The second kappa shape index (κ2) is 14.2. The molecule has 0 fully saturated rings. The van der Waals surface area contributed by atoms with Crippen LogP contribution in [0.4, 0.5) is 0 Å². The van der Waals surface area contributed by atoms with E-state index in [1.54, 1.807) is 6.92 Å². The van der Waals surface area contributed by atoms with Crippen molar-refractivity contribution in [1.82, 2.24) is 0 Å². The van der Waals surface area contributed by atoms with Crippen molar-refractivity contribution in [2.45, 2.75) is 91.3 Å². The molecule has 5 heteroatoms. The molecule has 0 saturated heterocycles. The molecule has 0 aliphatic rings. The highest BCUT2D eigenvalue weighted by atomic mass is 16.6. The zero-order valence-corrected chi connectivity index (χ0v) is 15.9. The van der Waals surface area contributed by atoms with Crippen molar-refractivity contribution in [1.29, 1.82) is 0 Å². The van der Waals surface area contributed by atoms with Crippen molar-refractivity contribution in [2.75, 3.05) is 26.4 Å². The number of aliphatic hydroxyl groups excluding tert-OH is 1. The molecule has 23 heavy (non-hydrogen) atoms. The summed E-state index contributed by atoms with van der Waals surface area (Å²) in [6.45, 7) is 14.2. The van der Waals surface area contributed by atoms with Gasteiger partial charge < -0.3 is 24.1 Å². The fourth-order valence-electron chi connectivity index (χ4n) is 2.18. The van der Waals surface area contributed by atoms with Crippen molar-refractivity contribution >= 4 is 0 Å². The lowest BCUT2D eigenvalue weighted by atomic mass is 10.1. The van der Waals surface area contributed by atoms with Gasteiger partial charge in [-0.1, -0.05) is 20.3 Å². The van der Waals surface area contributed by atoms with Crippen LogP contribution in [-0.4, -0.2) is 62.1 Å². The molecule has 0 aromatic carbocycles. The molecule has 0 amide bonds. The average Bonchev–Trinajstić information content (AvgIpc) is 2.50. The smallest absolute Gasteiger partial charge is 0.0838 e. The molecule has 5 nitrogen and oxygen atoms in total. The summed E-state index contributed by atoms with van der Waals surface area (Å²) in [6, 6.07) is 0. The number of rotatable bonds is 15. The molecule has 5 atom stereocenters. The summed E-state index contributed by atoms with van der Waals surface area (Å²) in [5.41, 5.74) is 0. The Bertz CT molecular complexity index is 260. The van der Waals surface area contributed by atoms with Gasteiger partial charge in [-0.25, -0.2) is 0 Å².